The molecule has 4 N–H and O–H groups in total. The van der Waals surface area contributed by atoms with E-state index < -0.39 is 12.8 Å². The van der Waals surface area contributed by atoms with E-state index in [-0.39, 0.29) is 6.10 Å². The van der Waals surface area contributed by atoms with Gasteiger partial charge >= 0.3 is 7.60 Å². The van der Waals surface area contributed by atoms with Crippen molar-refractivity contribution in [1.82, 2.24) is 19.5 Å². The smallest absolute Gasteiger partial charge is 0.364 e. The van der Waals surface area contributed by atoms with Crippen molar-refractivity contribution in [3.63, 3.8) is 0 Å². The molecule has 3 rings (SSSR count). The van der Waals surface area contributed by atoms with Gasteiger partial charge in [-0.25, -0.2) is 15.0 Å². The van der Waals surface area contributed by atoms with E-state index in [1.165, 1.54) is 6.33 Å². The van der Waals surface area contributed by atoms with Crippen LogP contribution in [0.25, 0.3) is 11.2 Å². The first-order valence-electron chi connectivity index (χ1n) is 5.69. The second-order valence-corrected chi connectivity index (χ2v) is 7.41. The summed E-state index contributed by atoms with van der Waals surface area (Å²) in [5.41, 5.74) is 6.77. The molecule has 0 bridgehead atoms. The lowest BCUT2D eigenvalue weighted by molar-refractivity contribution is 0.0778. The van der Waals surface area contributed by atoms with Crippen molar-refractivity contribution in [2.24, 2.45) is 0 Å². The van der Waals surface area contributed by atoms with Gasteiger partial charge in [-0.05, 0) is 0 Å². The molecule has 9 nitrogen and oxygen atoms in total. The molecule has 1 aliphatic heterocycles. The number of rotatable bonds is 3. The van der Waals surface area contributed by atoms with Crippen molar-refractivity contribution in [3.8, 4) is 0 Å². The van der Waals surface area contributed by atoms with Crippen LogP contribution in [0.2, 0.25) is 0 Å². The first kappa shape index (κ1) is 13.8. The minimum atomic E-state index is -4.23. The third-order valence-corrected chi connectivity index (χ3v) is 5.74. The number of hydrogen-bond acceptors (Lipinski definition) is 7. The Labute approximate surface area is 117 Å². The Morgan fingerprint density at radius 2 is 2.30 bits per heavy atom. The minimum Gasteiger partial charge on any atom is -0.382 e. The maximum atomic E-state index is 11.1. The number of anilines is 1. The van der Waals surface area contributed by atoms with Crippen LogP contribution in [-0.4, -0.2) is 46.3 Å². The largest absolute Gasteiger partial charge is 0.382 e. The van der Waals surface area contributed by atoms with E-state index >= 15 is 0 Å². The number of hydrogen-bond donors (Lipinski definition) is 3. The van der Waals surface area contributed by atoms with Gasteiger partial charge in [-0.3, -0.25) is 4.57 Å². The highest BCUT2D eigenvalue weighted by Gasteiger charge is 2.38. The third kappa shape index (κ3) is 2.52. The van der Waals surface area contributed by atoms with E-state index in [4.69, 9.17) is 20.3 Å². The van der Waals surface area contributed by atoms with Gasteiger partial charge in [-0.1, -0.05) is 0 Å². The molecule has 108 valence electrons. The summed E-state index contributed by atoms with van der Waals surface area (Å²) in [5.74, 6) is 0.791. The molecule has 2 atom stereocenters. The summed E-state index contributed by atoms with van der Waals surface area (Å²) in [6.45, 7) is 0.399. The van der Waals surface area contributed by atoms with Crippen LogP contribution in [0.3, 0.4) is 0 Å². The van der Waals surface area contributed by atoms with Crippen LogP contribution in [0, 0.1) is 0 Å². The number of nitrogens with two attached hydrogens (primary N) is 1. The molecule has 20 heavy (non-hydrogen) atoms. The van der Waals surface area contributed by atoms with Crippen molar-refractivity contribution in [2.45, 2.75) is 17.8 Å². The van der Waals surface area contributed by atoms with Gasteiger partial charge < -0.3 is 24.8 Å². The molecule has 0 radical (unpaired) electrons. The van der Waals surface area contributed by atoms with Crippen LogP contribution < -0.4 is 5.73 Å². The number of imidazole rings is 1. The maximum absolute atomic E-state index is 11.1. The van der Waals surface area contributed by atoms with Crippen molar-refractivity contribution < 1.29 is 19.1 Å². The molecule has 1 saturated heterocycles. The Kier molecular flexibility index (Phi) is 3.43. The van der Waals surface area contributed by atoms with Crippen LogP contribution in [0.4, 0.5) is 5.82 Å². The summed E-state index contributed by atoms with van der Waals surface area (Å²) < 4.78 is 18.2. The SMILES string of the molecule is Nc1ncnc2c1ncn2CC1CSC(P(=O)(O)O)O1. The van der Waals surface area contributed by atoms with Gasteiger partial charge in [-0.2, -0.15) is 0 Å². The third-order valence-electron chi connectivity index (χ3n) is 2.84. The molecule has 0 aliphatic carbocycles. The highest BCUT2D eigenvalue weighted by Crippen LogP contribution is 2.51. The topological polar surface area (TPSA) is 136 Å². The first-order chi connectivity index (χ1) is 9.45. The van der Waals surface area contributed by atoms with Crippen LogP contribution in [0.1, 0.15) is 0 Å². The van der Waals surface area contributed by atoms with Gasteiger partial charge in [0, 0.05) is 5.75 Å². The van der Waals surface area contributed by atoms with Gasteiger partial charge in [0.15, 0.2) is 11.5 Å². The summed E-state index contributed by atoms with van der Waals surface area (Å²) in [4.78, 5) is 30.2. The first-order valence-corrected chi connectivity index (χ1v) is 8.42. The molecule has 1 aliphatic rings. The zero-order valence-corrected chi connectivity index (χ0v) is 11.9. The predicted molar refractivity (Wildman–Crippen MR) is 72.9 cm³/mol. The van der Waals surface area contributed by atoms with Gasteiger partial charge in [0.05, 0.1) is 19.0 Å². The molecule has 3 heterocycles. The Balaban J connectivity index is 1.78. The standard InChI is InChI=1S/C9H12N5O4PS/c10-7-6-8(12-3-11-7)14(4-13-6)1-5-2-20-9(18-5)19(15,16)17/h3-5,9H,1-2H2,(H2,10,11,12)(H2,15,16,17). The van der Waals surface area contributed by atoms with Gasteiger partial charge in [0.1, 0.15) is 11.8 Å². The normalized spacial score (nSPS) is 23.5. The Morgan fingerprint density at radius 3 is 3.00 bits per heavy atom. The van der Waals surface area contributed by atoms with E-state index in [1.54, 1.807) is 10.9 Å². The number of fused-ring (bicyclic) bond motifs is 1. The number of nitrogens with zero attached hydrogens (tertiary/aromatic N) is 4. The molecule has 0 spiro atoms. The van der Waals surface area contributed by atoms with Gasteiger partial charge in [0.2, 0.25) is 5.18 Å². The van der Waals surface area contributed by atoms with Gasteiger partial charge in [0.25, 0.3) is 0 Å². The Bertz CT molecular complexity index is 688. The minimum absolute atomic E-state index is 0.295. The number of thioether (sulfide) groups is 1. The molecule has 11 heteroatoms. The van der Waals surface area contributed by atoms with Crippen LogP contribution >= 0.6 is 19.4 Å². The summed E-state index contributed by atoms with van der Waals surface area (Å²) in [5, 5.41) is -1.10. The number of aromatic nitrogens is 4. The molecule has 2 aromatic heterocycles. The van der Waals surface area contributed by atoms with Crippen molar-refractivity contribution in [2.75, 3.05) is 11.5 Å². The van der Waals surface area contributed by atoms with Crippen LogP contribution in [0.15, 0.2) is 12.7 Å². The summed E-state index contributed by atoms with van der Waals surface area (Å²) in [6.07, 6.45) is 2.60. The highest BCUT2D eigenvalue weighted by molar-refractivity contribution is 8.05. The molecular weight excluding hydrogens is 305 g/mol. The lowest BCUT2D eigenvalue weighted by Gasteiger charge is -2.14. The molecule has 0 amide bonds. The lowest BCUT2D eigenvalue weighted by atomic mass is 10.4. The average Bonchev–Trinajstić information content (AvgIpc) is 2.98. The van der Waals surface area contributed by atoms with Gasteiger partial charge in [-0.15, -0.1) is 11.8 Å². The predicted octanol–water partition coefficient (Wildman–Crippen LogP) is 0.00180. The Morgan fingerprint density at radius 1 is 1.50 bits per heavy atom. The van der Waals surface area contributed by atoms with E-state index in [0.717, 1.165) is 11.8 Å². The van der Waals surface area contributed by atoms with E-state index in [2.05, 4.69) is 15.0 Å². The Hall–Kier alpha value is -1.19. The van der Waals surface area contributed by atoms with Crippen molar-refractivity contribution >= 4 is 36.3 Å². The lowest BCUT2D eigenvalue weighted by Crippen LogP contribution is -2.19. The fourth-order valence-corrected chi connectivity index (χ4v) is 4.12. The van der Waals surface area contributed by atoms with E-state index in [0.29, 0.717) is 29.3 Å². The molecule has 2 unspecified atom stereocenters. The number of nitrogen functional groups attached to an aromatic ring is 1. The fraction of sp³-hybridized carbons (Fsp3) is 0.444. The van der Waals surface area contributed by atoms with Crippen molar-refractivity contribution in [1.29, 1.82) is 0 Å². The second-order valence-electron chi connectivity index (χ2n) is 4.32. The van der Waals surface area contributed by atoms with Crippen LogP contribution in [-0.2, 0) is 15.8 Å². The molecular formula is C9H12N5O4PS. The zero-order chi connectivity index (χ0) is 14.3. The second kappa shape index (κ2) is 4.97. The average molecular weight is 317 g/mol. The monoisotopic (exact) mass is 317 g/mol. The molecule has 2 aromatic rings. The summed E-state index contributed by atoms with van der Waals surface area (Å²) in [7, 11) is -4.23. The van der Waals surface area contributed by atoms with Crippen molar-refractivity contribution in [3.05, 3.63) is 12.7 Å². The van der Waals surface area contributed by atoms with E-state index in [1.807, 2.05) is 0 Å². The maximum Gasteiger partial charge on any atom is 0.364 e. The zero-order valence-electron chi connectivity index (χ0n) is 10.2. The van der Waals surface area contributed by atoms with Crippen LogP contribution in [0.5, 0.6) is 0 Å². The quantitative estimate of drug-likeness (QED) is 0.668. The molecule has 0 saturated carbocycles. The number of ether oxygens (including phenoxy) is 1. The highest BCUT2D eigenvalue weighted by atomic mass is 32.2. The fourth-order valence-electron chi connectivity index (χ4n) is 1.96. The molecule has 1 fully saturated rings. The molecule has 0 aromatic carbocycles. The summed E-state index contributed by atoms with van der Waals surface area (Å²) in [6, 6.07) is 0. The summed E-state index contributed by atoms with van der Waals surface area (Å²) >= 11 is 1.11. The van der Waals surface area contributed by atoms with E-state index in [9.17, 15) is 4.57 Å².